The zero-order valence-electron chi connectivity index (χ0n) is 46.2. The van der Waals surface area contributed by atoms with Gasteiger partial charge in [-0.2, -0.15) is 4.98 Å². The first-order chi connectivity index (χ1) is 31.7. The summed E-state index contributed by atoms with van der Waals surface area (Å²) in [6.07, 6.45) is -10.2. The Kier molecular flexibility index (Phi) is 73.8. The summed E-state index contributed by atoms with van der Waals surface area (Å²) >= 11 is 0. The van der Waals surface area contributed by atoms with Gasteiger partial charge in [0.25, 0.3) is 7.82 Å². The maximum Gasteiger partial charge on any atom is 1.00 e. The number of rotatable bonds is 15. The minimum atomic E-state index is -5.83. The minimum Gasteiger partial charge on any atom is -0.756 e. The largest absolute Gasteiger partial charge is 1.00 e. The molecule has 25 heteroatoms. The van der Waals surface area contributed by atoms with E-state index in [1.54, 1.807) is 0 Å². The fourth-order valence-electron chi connectivity index (χ4n) is 4.47. The van der Waals surface area contributed by atoms with Crippen LogP contribution < -0.4 is 85.9 Å². The average molecular weight is 1080 g/mol. The van der Waals surface area contributed by atoms with Crippen LogP contribution in [0.25, 0.3) is 0 Å². The molecule has 1 aromatic rings. The van der Waals surface area contributed by atoms with Gasteiger partial charge in [0, 0.05) is 18.4 Å². The third-order valence-electron chi connectivity index (χ3n) is 6.64. The number of aliphatic carboxylic acids is 1. The SMILES string of the molecule is CC.CC.CC.CC.CC.CCC.CCC.CCC.CCC.CCSSCC(=O)NC1C(O)CC(OP(=O)([O-])OCC2OC(n3ccc(N)nc3=O)C(O)C2O)(C(=O)[O-])OC1[C@H](O)[C@H](O)CO.[Na+].[Na+]. The Hall–Kier alpha value is 0.110. The standard InChI is InChI=1S/C22H35N4O16PS2.4C3H8.5C2H6.2Na/c1-2-44-45-8-13(30)25-14-9(28)5-22(20(34)35,41-18(14)15(31)10(29)6-27)42-43(37,38)39-7-11-16(32)17(33)19(40-11)26-4-3-12(23)24-21(26)36;4*1-3-2;5*1-2;;/h3-4,9-11,14-19,27-29,31-33H,2,5-8H2,1H3,(H,25,30)(H,34,35)(H,37,38)(H2,23,24,36);4*3H2,1-2H3;5*1-2H3;;/q;;;;;;;;;;2*+1/p-2/t9?,10-,11?,14?,15-,16?,17?,18?,19?,22?;;;;;;;;;;;/m1.........../s1. The molecule has 9 N–H and O–H groups in total. The van der Waals surface area contributed by atoms with Crippen LogP contribution in [0.4, 0.5) is 5.82 Å². The summed E-state index contributed by atoms with van der Waals surface area (Å²) in [5, 5.41) is 75.9. The second-order valence-electron chi connectivity index (χ2n) is 12.6. The van der Waals surface area contributed by atoms with Gasteiger partial charge in [-0.15, -0.1) is 0 Å². The zero-order chi connectivity index (χ0) is 54.5. The quantitative estimate of drug-likeness (QED) is 0.0450. The number of aliphatic hydroxyl groups is 6. The van der Waals surface area contributed by atoms with Gasteiger partial charge in [0.05, 0.1) is 31.1 Å². The number of amides is 1. The molecule has 11 atom stereocenters. The van der Waals surface area contributed by atoms with Gasteiger partial charge in [0.2, 0.25) is 11.7 Å². The number of carboxylic acid groups (broad SMARTS) is 1. The second-order valence-corrected chi connectivity index (χ2v) is 16.7. The van der Waals surface area contributed by atoms with Crippen LogP contribution in [0.15, 0.2) is 17.1 Å². The van der Waals surface area contributed by atoms with Gasteiger partial charge in [-0.05, 0) is 6.07 Å². The van der Waals surface area contributed by atoms with Crippen LogP contribution in [0.5, 0.6) is 0 Å². The molecule has 2 fully saturated rings. The molecule has 2 aliphatic heterocycles. The molecular formula is C44H95N4Na2O16PS2. The number of phosphoric acid groups is 1. The molecule has 20 nitrogen and oxygen atoms in total. The van der Waals surface area contributed by atoms with Crippen LogP contribution in [0, 0.1) is 0 Å². The molecule has 69 heavy (non-hydrogen) atoms. The Bertz CT molecular complexity index is 1380. The monoisotopic (exact) mass is 1080 g/mol. The molecule has 0 aliphatic carbocycles. The number of phosphoric ester groups is 1. The van der Waals surface area contributed by atoms with Crippen LogP contribution >= 0.6 is 29.4 Å². The number of carboxylic acids is 1. The van der Waals surface area contributed by atoms with Crippen molar-refractivity contribution in [1.29, 1.82) is 0 Å². The van der Waals surface area contributed by atoms with Crippen molar-refractivity contribution >= 4 is 47.1 Å². The summed E-state index contributed by atoms with van der Waals surface area (Å²) in [4.78, 5) is 53.0. The number of nitrogens with two attached hydrogens (primary N) is 1. The molecule has 1 aromatic heterocycles. The van der Waals surface area contributed by atoms with E-state index in [1.807, 2.05) is 76.2 Å². The van der Waals surface area contributed by atoms with Crippen molar-refractivity contribution in [2.45, 2.75) is 224 Å². The number of hydrogen-bond acceptors (Lipinski definition) is 20. The topological polar surface area (TPSA) is 329 Å². The van der Waals surface area contributed by atoms with Crippen molar-refractivity contribution in [3.8, 4) is 0 Å². The molecule has 0 saturated carbocycles. The molecule has 1 amide bonds. The molecular weight excluding hydrogens is 982 g/mol. The van der Waals surface area contributed by atoms with Gasteiger partial charge < -0.3 is 70.5 Å². The first-order valence-corrected chi connectivity index (χ1v) is 27.8. The maximum absolute atomic E-state index is 12.8. The van der Waals surface area contributed by atoms with Crippen molar-refractivity contribution in [2.24, 2.45) is 0 Å². The van der Waals surface area contributed by atoms with Crippen molar-refractivity contribution < 1.29 is 132 Å². The smallest absolute Gasteiger partial charge is 0.756 e. The number of aliphatic hydroxyl groups excluding tert-OH is 6. The predicted octanol–water partition coefficient (Wildman–Crippen LogP) is -1.05. The van der Waals surface area contributed by atoms with Crippen molar-refractivity contribution in [1.82, 2.24) is 14.9 Å². The van der Waals surface area contributed by atoms with E-state index in [1.165, 1.54) is 42.5 Å². The minimum absolute atomic E-state index is 0. The van der Waals surface area contributed by atoms with E-state index in [2.05, 4.69) is 74.7 Å². The summed E-state index contributed by atoms with van der Waals surface area (Å²) in [5.41, 5.74) is 4.45. The van der Waals surface area contributed by atoms with Crippen LogP contribution in [0.3, 0.4) is 0 Å². The summed E-state index contributed by atoms with van der Waals surface area (Å²) in [7, 11) is -3.36. The van der Waals surface area contributed by atoms with E-state index in [4.69, 9.17) is 15.2 Å². The molecule has 9 unspecified atom stereocenters. The number of aromatic nitrogens is 2. The molecule has 406 valence electrons. The molecule has 2 aliphatic rings. The number of nitrogens with one attached hydrogen (secondary N) is 1. The first kappa shape index (κ1) is 88.7. The summed E-state index contributed by atoms with van der Waals surface area (Å²) in [5.74, 6) is -6.10. The molecule has 0 spiro atoms. The van der Waals surface area contributed by atoms with Gasteiger partial charge in [-0.25, -0.2) is 4.79 Å². The van der Waals surface area contributed by atoms with Crippen LogP contribution in [-0.4, -0.2) is 131 Å². The van der Waals surface area contributed by atoms with Crippen molar-refractivity contribution in [3.05, 3.63) is 22.7 Å². The summed E-state index contributed by atoms with van der Waals surface area (Å²) < 4.78 is 33.5. The van der Waals surface area contributed by atoms with Gasteiger partial charge in [-0.3, -0.25) is 18.5 Å². The van der Waals surface area contributed by atoms with E-state index in [-0.39, 0.29) is 70.7 Å². The number of nitrogen functional groups attached to an aromatic ring is 1. The third kappa shape index (κ3) is 38.3. The van der Waals surface area contributed by atoms with E-state index < -0.39 is 106 Å². The predicted molar refractivity (Wildman–Crippen MR) is 269 cm³/mol. The summed E-state index contributed by atoms with van der Waals surface area (Å²) in [6.45, 7) is 36.7. The number of hydrogen-bond donors (Lipinski definition) is 8. The van der Waals surface area contributed by atoms with Gasteiger partial charge in [0.1, 0.15) is 48.4 Å². The van der Waals surface area contributed by atoms with E-state index in [9.17, 15) is 59.6 Å². The second kappa shape index (κ2) is 57.4. The van der Waals surface area contributed by atoms with Gasteiger partial charge in [0.15, 0.2) is 6.23 Å². The Morgan fingerprint density at radius 2 is 1.35 bits per heavy atom. The van der Waals surface area contributed by atoms with Crippen LogP contribution in [0.1, 0.15) is 170 Å². The van der Waals surface area contributed by atoms with E-state index >= 15 is 0 Å². The number of anilines is 1. The Morgan fingerprint density at radius 3 is 1.74 bits per heavy atom. The number of nitrogens with zero attached hydrogens (tertiary/aromatic N) is 2. The Labute approximate surface area is 468 Å². The fourth-order valence-corrected chi connectivity index (χ4v) is 6.92. The number of carbonyl (C=O) groups excluding carboxylic acids is 2. The molecule has 3 heterocycles. The molecule has 0 radical (unpaired) electrons. The summed E-state index contributed by atoms with van der Waals surface area (Å²) in [6, 6.07) is -0.439. The number of carbonyl (C=O) groups is 2. The molecule has 2 saturated heterocycles. The third-order valence-corrected chi connectivity index (χ3v) is 9.97. The van der Waals surface area contributed by atoms with Crippen LogP contribution in [0.2, 0.25) is 0 Å². The fraction of sp³-hybridized carbons (Fsp3) is 0.864. The van der Waals surface area contributed by atoms with Crippen LogP contribution in [-0.2, 0) is 32.7 Å². The molecule has 3 rings (SSSR count). The Morgan fingerprint density at radius 1 is 0.899 bits per heavy atom. The zero-order valence-corrected chi connectivity index (χ0v) is 52.7. The normalized spacial score (nSPS) is 22.9. The molecule has 0 bridgehead atoms. The van der Waals surface area contributed by atoms with Crippen molar-refractivity contribution in [3.63, 3.8) is 0 Å². The number of ether oxygens (including phenoxy) is 2. The maximum atomic E-state index is 12.8. The van der Waals surface area contributed by atoms with E-state index in [0.29, 0.717) is 5.75 Å². The van der Waals surface area contributed by atoms with Gasteiger partial charge >= 0.3 is 64.8 Å². The Balaban J connectivity index is -0.000000185. The van der Waals surface area contributed by atoms with Crippen molar-refractivity contribution in [2.75, 3.05) is 30.5 Å². The first-order valence-electron chi connectivity index (χ1n) is 23.8. The average Bonchev–Trinajstić information content (AvgIpc) is 3.59. The van der Waals surface area contributed by atoms with E-state index in [0.717, 1.165) is 21.6 Å². The molecule has 0 aromatic carbocycles. The van der Waals surface area contributed by atoms with Gasteiger partial charge in [-0.1, -0.05) is 179 Å².